The van der Waals surface area contributed by atoms with E-state index < -0.39 is 0 Å². The van der Waals surface area contributed by atoms with Crippen molar-refractivity contribution in [3.8, 4) is 5.69 Å². The molecule has 0 aliphatic carbocycles. The van der Waals surface area contributed by atoms with Crippen molar-refractivity contribution < 1.29 is 0 Å². The standard InChI is InChI=1S/C23H25BrN4S/c1-4-13-27-22(21(26-23(27)29)20-7-5-6-12-25-20)19-14-15(2)28(16(19)3)18-10-8-17(24)9-11-18/h5-12,14,21-22H,4,13H2,1-3H3,(H,26,29)/t21-,22+/m0/s1. The van der Waals surface area contributed by atoms with Crippen LogP contribution in [0.2, 0.25) is 0 Å². The number of hydrogen-bond donors (Lipinski definition) is 1. The number of nitrogens with zero attached hydrogens (tertiary/aromatic N) is 3. The molecule has 0 spiro atoms. The van der Waals surface area contributed by atoms with Gasteiger partial charge in [-0.3, -0.25) is 4.98 Å². The average Bonchev–Trinajstić information content (AvgIpc) is 3.20. The van der Waals surface area contributed by atoms with E-state index in [-0.39, 0.29) is 12.1 Å². The first-order valence-electron chi connectivity index (χ1n) is 9.94. The molecule has 2 aromatic heterocycles. The molecule has 1 aromatic carbocycles. The minimum Gasteiger partial charge on any atom is -0.352 e. The maximum absolute atomic E-state index is 5.73. The van der Waals surface area contributed by atoms with Crippen LogP contribution in [0.1, 0.15) is 48.1 Å². The smallest absolute Gasteiger partial charge is 0.170 e. The second-order valence-electron chi connectivity index (χ2n) is 7.46. The van der Waals surface area contributed by atoms with E-state index in [0.717, 1.165) is 28.2 Å². The van der Waals surface area contributed by atoms with E-state index in [4.69, 9.17) is 12.2 Å². The number of halogens is 1. The molecule has 3 aromatic rings. The quantitative estimate of drug-likeness (QED) is 0.491. The van der Waals surface area contributed by atoms with Gasteiger partial charge in [0, 0.05) is 34.3 Å². The van der Waals surface area contributed by atoms with E-state index in [1.54, 1.807) is 0 Å². The summed E-state index contributed by atoms with van der Waals surface area (Å²) in [5, 5.41) is 4.34. The molecule has 1 aliphatic heterocycles. The zero-order chi connectivity index (χ0) is 20.5. The van der Waals surface area contributed by atoms with Gasteiger partial charge in [-0.2, -0.15) is 0 Å². The Balaban J connectivity index is 1.82. The van der Waals surface area contributed by atoms with Gasteiger partial charge in [0.2, 0.25) is 0 Å². The third kappa shape index (κ3) is 3.71. The lowest BCUT2D eigenvalue weighted by Gasteiger charge is -2.27. The van der Waals surface area contributed by atoms with E-state index in [1.807, 2.05) is 18.3 Å². The summed E-state index contributed by atoms with van der Waals surface area (Å²) in [6, 6.07) is 17.0. The Kier molecular flexibility index (Phi) is 5.74. The number of hydrogen-bond acceptors (Lipinski definition) is 2. The highest BCUT2D eigenvalue weighted by molar-refractivity contribution is 9.10. The molecule has 0 unspecified atom stereocenters. The van der Waals surface area contributed by atoms with Gasteiger partial charge in [-0.05, 0) is 80.5 Å². The summed E-state index contributed by atoms with van der Waals surface area (Å²) in [6.07, 6.45) is 2.89. The van der Waals surface area contributed by atoms with Gasteiger partial charge in [0.05, 0.1) is 17.8 Å². The Morgan fingerprint density at radius 2 is 1.90 bits per heavy atom. The van der Waals surface area contributed by atoms with Gasteiger partial charge < -0.3 is 14.8 Å². The Bertz CT molecular complexity index is 1010. The first-order valence-corrected chi connectivity index (χ1v) is 11.1. The molecule has 150 valence electrons. The van der Waals surface area contributed by atoms with Crippen LogP contribution in [0.25, 0.3) is 5.69 Å². The molecule has 0 amide bonds. The van der Waals surface area contributed by atoms with Crippen molar-refractivity contribution in [3.63, 3.8) is 0 Å². The van der Waals surface area contributed by atoms with Crippen molar-refractivity contribution in [3.05, 3.63) is 81.8 Å². The predicted octanol–water partition coefficient (Wildman–Crippen LogP) is 5.63. The first-order chi connectivity index (χ1) is 14.0. The van der Waals surface area contributed by atoms with Crippen LogP contribution in [-0.4, -0.2) is 26.1 Å². The van der Waals surface area contributed by atoms with Gasteiger partial charge in [0.15, 0.2) is 5.11 Å². The maximum Gasteiger partial charge on any atom is 0.170 e. The number of aryl methyl sites for hydroxylation is 1. The summed E-state index contributed by atoms with van der Waals surface area (Å²) >= 11 is 9.26. The Morgan fingerprint density at radius 1 is 1.14 bits per heavy atom. The lowest BCUT2D eigenvalue weighted by atomic mass is 9.96. The fourth-order valence-corrected chi connectivity index (χ4v) is 4.90. The van der Waals surface area contributed by atoms with Gasteiger partial charge in [0.25, 0.3) is 0 Å². The van der Waals surface area contributed by atoms with E-state index in [2.05, 4.69) is 92.9 Å². The lowest BCUT2D eigenvalue weighted by molar-refractivity contribution is 0.316. The fourth-order valence-electron chi connectivity index (χ4n) is 4.30. The first kappa shape index (κ1) is 20.1. The van der Waals surface area contributed by atoms with Crippen LogP contribution in [0.15, 0.2) is 59.2 Å². The Morgan fingerprint density at radius 3 is 2.55 bits per heavy atom. The van der Waals surface area contributed by atoms with Crippen molar-refractivity contribution in [2.75, 3.05) is 6.54 Å². The Hall–Kier alpha value is -2.18. The molecule has 4 rings (SSSR count). The minimum absolute atomic E-state index is 0.0362. The highest BCUT2D eigenvalue weighted by Crippen LogP contribution is 2.41. The van der Waals surface area contributed by atoms with Crippen LogP contribution >= 0.6 is 28.1 Å². The summed E-state index contributed by atoms with van der Waals surface area (Å²) in [5.41, 5.74) is 5.94. The van der Waals surface area contributed by atoms with Crippen molar-refractivity contribution in [1.82, 2.24) is 19.8 Å². The number of aromatic nitrogens is 2. The minimum atomic E-state index is 0.0362. The normalized spacial score (nSPS) is 18.9. The number of nitrogens with one attached hydrogen (secondary N) is 1. The summed E-state index contributed by atoms with van der Waals surface area (Å²) in [7, 11) is 0. The third-order valence-electron chi connectivity index (χ3n) is 5.54. The van der Waals surface area contributed by atoms with Gasteiger partial charge in [0.1, 0.15) is 0 Å². The number of rotatable bonds is 5. The van der Waals surface area contributed by atoms with Crippen molar-refractivity contribution >= 4 is 33.3 Å². The molecule has 2 atom stereocenters. The monoisotopic (exact) mass is 468 g/mol. The zero-order valence-corrected chi connectivity index (χ0v) is 19.3. The molecule has 3 heterocycles. The summed E-state index contributed by atoms with van der Waals surface area (Å²) in [6.45, 7) is 7.48. The molecular formula is C23H25BrN4S. The van der Waals surface area contributed by atoms with Crippen molar-refractivity contribution in [2.45, 2.75) is 39.3 Å². The van der Waals surface area contributed by atoms with Crippen LogP contribution in [0.4, 0.5) is 0 Å². The highest BCUT2D eigenvalue weighted by Gasteiger charge is 2.40. The molecule has 29 heavy (non-hydrogen) atoms. The van der Waals surface area contributed by atoms with Crippen molar-refractivity contribution in [1.29, 1.82) is 0 Å². The van der Waals surface area contributed by atoms with Gasteiger partial charge in [-0.15, -0.1) is 0 Å². The van der Waals surface area contributed by atoms with E-state index >= 15 is 0 Å². The van der Waals surface area contributed by atoms with Crippen LogP contribution in [-0.2, 0) is 0 Å². The predicted molar refractivity (Wildman–Crippen MR) is 125 cm³/mol. The van der Waals surface area contributed by atoms with E-state index in [9.17, 15) is 0 Å². The molecule has 0 saturated carbocycles. The van der Waals surface area contributed by atoms with Gasteiger partial charge in [-0.1, -0.05) is 28.9 Å². The SMILES string of the molecule is CCCN1C(=S)N[C@@H](c2ccccn2)[C@H]1c1cc(C)n(-c2ccc(Br)cc2)c1C. The molecule has 1 N–H and O–H groups in total. The molecule has 1 saturated heterocycles. The molecule has 0 radical (unpaired) electrons. The molecule has 4 nitrogen and oxygen atoms in total. The van der Waals surface area contributed by atoms with Gasteiger partial charge in [-0.25, -0.2) is 0 Å². The van der Waals surface area contributed by atoms with Crippen molar-refractivity contribution in [2.24, 2.45) is 0 Å². The summed E-state index contributed by atoms with van der Waals surface area (Å²) < 4.78 is 3.40. The lowest BCUT2D eigenvalue weighted by Crippen LogP contribution is -2.30. The van der Waals surface area contributed by atoms with E-state index in [0.29, 0.717) is 0 Å². The maximum atomic E-state index is 5.73. The molecule has 0 bridgehead atoms. The van der Waals surface area contributed by atoms with E-state index in [1.165, 1.54) is 22.6 Å². The van der Waals surface area contributed by atoms with Crippen LogP contribution in [0.3, 0.4) is 0 Å². The fraction of sp³-hybridized carbons (Fsp3) is 0.304. The second-order valence-corrected chi connectivity index (χ2v) is 8.76. The third-order valence-corrected chi connectivity index (χ3v) is 6.42. The summed E-state index contributed by atoms with van der Waals surface area (Å²) in [5.74, 6) is 0. The largest absolute Gasteiger partial charge is 0.352 e. The van der Waals surface area contributed by atoms with Crippen LogP contribution in [0, 0.1) is 13.8 Å². The van der Waals surface area contributed by atoms with Crippen LogP contribution < -0.4 is 5.32 Å². The summed E-state index contributed by atoms with van der Waals surface area (Å²) in [4.78, 5) is 6.95. The zero-order valence-electron chi connectivity index (χ0n) is 16.9. The van der Waals surface area contributed by atoms with Crippen LogP contribution in [0.5, 0.6) is 0 Å². The molecular weight excluding hydrogens is 444 g/mol. The topological polar surface area (TPSA) is 33.1 Å². The highest BCUT2D eigenvalue weighted by atomic mass is 79.9. The van der Waals surface area contributed by atoms with Gasteiger partial charge >= 0.3 is 0 Å². The molecule has 1 aliphatic rings. The molecule has 1 fully saturated rings. The Labute approximate surface area is 186 Å². The number of benzene rings is 1. The number of pyridine rings is 1. The average molecular weight is 469 g/mol. The second kappa shape index (κ2) is 8.28. The molecule has 6 heteroatoms. The number of thiocarbonyl (C=S) groups is 1.